The van der Waals surface area contributed by atoms with Gasteiger partial charge in [0.05, 0.1) is 13.2 Å². The van der Waals surface area contributed by atoms with Gasteiger partial charge in [-0.2, -0.15) is 0 Å². The first-order valence-electron chi connectivity index (χ1n) is 8.56. The number of halogens is 1. The molecule has 2 N–H and O–H groups in total. The van der Waals surface area contributed by atoms with Crippen LogP contribution in [0.5, 0.6) is 5.88 Å². The maximum Gasteiger partial charge on any atom is 0.218 e. The highest BCUT2D eigenvalue weighted by Gasteiger charge is 2.06. The number of benzene rings is 1. The minimum absolute atomic E-state index is 0.251. The third-order valence-electron chi connectivity index (χ3n) is 3.39. The summed E-state index contributed by atoms with van der Waals surface area (Å²) in [6.07, 6.45) is 2.65. The molecule has 1 heterocycles. The largest absolute Gasteiger partial charge is 0.477 e. The Balaban J connectivity index is 2.00. The molecule has 0 bridgehead atoms. The van der Waals surface area contributed by atoms with Crippen LogP contribution in [0.1, 0.15) is 31.4 Å². The van der Waals surface area contributed by atoms with E-state index in [4.69, 9.17) is 4.74 Å². The highest BCUT2D eigenvalue weighted by molar-refractivity contribution is 5.79. The van der Waals surface area contributed by atoms with E-state index in [9.17, 15) is 4.39 Å². The van der Waals surface area contributed by atoms with Gasteiger partial charge in [-0.3, -0.25) is 0 Å². The van der Waals surface area contributed by atoms with Gasteiger partial charge >= 0.3 is 0 Å². The second-order valence-electron chi connectivity index (χ2n) is 5.49. The number of hydrogen-bond donors (Lipinski definition) is 2. The van der Waals surface area contributed by atoms with Crippen LogP contribution in [0.4, 0.5) is 4.39 Å². The summed E-state index contributed by atoms with van der Waals surface area (Å²) in [5.41, 5.74) is 1.79. The van der Waals surface area contributed by atoms with Crippen LogP contribution in [0.3, 0.4) is 0 Å². The van der Waals surface area contributed by atoms with Crippen LogP contribution in [-0.2, 0) is 13.1 Å². The van der Waals surface area contributed by atoms with E-state index in [-0.39, 0.29) is 5.82 Å². The van der Waals surface area contributed by atoms with Crippen LogP contribution in [0.15, 0.2) is 47.6 Å². The van der Waals surface area contributed by atoms with Gasteiger partial charge in [-0.1, -0.05) is 25.1 Å². The lowest BCUT2D eigenvalue weighted by Gasteiger charge is -2.13. The van der Waals surface area contributed by atoms with Gasteiger partial charge in [-0.15, -0.1) is 0 Å². The number of nitrogens with one attached hydrogen (secondary N) is 2. The van der Waals surface area contributed by atoms with Gasteiger partial charge in [-0.25, -0.2) is 14.4 Å². The molecule has 134 valence electrons. The fraction of sp³-hybridized carbons (Fsp3) is 0.368. The van der Waals surface area contributed by atoms with Gasteiger partial charge in [0.1, 0.15) is 5.82 Å². The number of ether oxygens (including phenoxy) is 1. The molecule has 0 aliphatic heterocycles. The topological polar surface area (TPSA) is 58.5 Å². The molecule has 0 fully saturated rings. The predicted octanol–water partition coefficient (Wildman–Crippen LogP) is 3.26. The van der Waals surface area contributed by atoms with Crippen LogP contribution < -0.4 is 15.4 Å². The molecule has 0 unspecified atom stereocenters. The SMILES string of the molecule is CCCOc1ncccc1CNC(=NCc1cccc(F)c1)NCC. The Morgan fingerprint density at radius 2 is 2.08 bits per heavy atom. The highest BCUT2D eigenvalue weighted by Crippen LogP contribution is 2.14. The number of hydrogen-bond acceptors (Lipinski definition) is 3. The van der Waals surface area contributed by atoms with E-state index in [2.05, 4.69) is 27.5 Å². The van der Waals surface area contributed by atoms with Crippen molar-refractivity contribution < 1.29 is 9.13 Å². The average Bonchev–Trinajstić information content (AvgIpc) is 2.63. The van der Waals surface area contributed by atoms with Crippen molar-refractivity contribution in [3.8, 4) is 5.88 Å². The van der Waals surface area contributed by atoms with E-state index in [0.717, 1.165) is 24.1 Å². The van der Waals surface area contributed by atoms with Crippen molar-refractivity contribution in [3.63, 3.8) is 0 Å². The molecule has 0 amide bonds. The first kappa shape index (κ1) is 18.7. The summed E-state index contributed by atoms with van der Waals surface area (Å²) in [4.78, 5) is 8.78. The lowest BCUT2D eigenvalue weighted by Crippen LogP contribution is -2.36. The second-order valence-corrected chi connectivity index (χ2v) is 5.49. The van der Waals surface area contributed by atoms with E-state index >= 15 is 0 Å². The molecule has 0 saturated carbocycles. The van der Waals surface area contributed by atoms with E-state index in [1.165, 1.54) is 12.1 Å². The number of rotatable bonds is 8. The van der Waals surface area contributed by atoms with Gasteiger partial charge in [0, 0.05) is 24.8 Å². The van der Waals surface area contributed by atoms with Crippen molar-refractivity contribution in [2.45, 2.75) is 33.4 Å². The van der Waals surface area contributed by atoms with Gasteiger partial charge < -0.3 is 15.4 Å². The minimum Gasteiger partial charge on any atom is -0.477 e. The number of guanidine groups is 1. The standard InChI is InChI=1S/C19H25FN4O/c1-3-11-25-18-16(8-6-10-22-18)14-24-19(21-4-2)23-13-15-7-5-9-17(20)12-15/h5-10,12H,3-4,11,13-14H2,1-2H3,(H2,21,23,24). The van der Waals surface area contributed by atoms with E-state index in [1.807, 2.05) is 25.1 Å². The summed E-state index contributed by atoms with van der Waals surface area (Å²) in [6, 6.07) is 10.3. The molecule has 0 radical (unpaired) electrons. The fourth-order valence-corrected chi connectivity index (χ4v) is 2.21. The summed E-state index contributed by atoms with van der Waals surface area (Å²) >= 11 is 0. The first-order chi connectivity index (χ1) is 12.2. The summed E-state index contributed by atoms with van der Waals surface area (Å²) < 4.78 is 18.9. The molecule has 5 nitrogen and oxygen atoms in total. The highest BCUT2D eigenvalue weighted by atomic mass is 19.1. The van der Waals surface area contributed by atoms with Crippen molar-refractivity contribution >= 4 is 5.96 Å². The Morgan fingerprint density at radius 1 is 1.20 bits per heavy atom. The van der Waals surface area contributed by atoms with Gasteiger partial charge in [0.25, 0.3) is 0 Å². The van der Waals surface area contributed by atoms with Crippen LogP contribution in [0.25, 0.3) is 0 Å². The van der Waals surface area contributed by atoms with Gasteiger partial charge in [0.2, 0.25) is 5.88 Å². The molecule has 0 aliphatic rings. The first-order valence-corrected chi connectivity index (χ1v) is 8.56. The number of aromatic nitrogens is 1. The summed E-state index contributed by atoms with van der Waals surface area (Å²) in [6.45, 7) is 6.38. The number of nitrogens with zero attached hydrogens (tertiary/aromatic N) is 2. The molecule has 0 atom stereocenters. The monoisotopic (exact) mass is 344 g/mol. The van der Waals surface area contributed by atoms with E-state index in [1.54, 1.807) is 12.3 Å². The van der Waals surface area contributed by atoms with Crippen LogP contribution >= 0.6 is 0 Å². The Labute approximate surface area is 148 Å². The zero-order valence-electron chi connectivity index (χ0n) is 14.8. The van der Waals surface area contributed by atoms with Crippen molar-refractivity contribution in [1.82, 2.24) is 15.6 Å². The molecule has 6 heteroatoms. The molecular weight excluding hydrogens is 319 g/mol. The van der Waals surface area contributed by atoms with Crippen molar-refractivity contribution in [3.05, 3.63) is 59.5 Å². The van der Waals surface area contributed by atoms with E-state index in [0.29, 0.717) is 31.5 Å². The summed E-state index contributed by atoms with van der Waals surface area (Å²) in [7, 11) is 0. The minimum atomic E-state index is -0.251. The maximum absolute atomic E-state index is 13.3. The second kappa shape index (κ2) is 10.3. The molecule has 25 heavy (non-hydrogen) atoms. The van der Waals surface area contributed by atoms with Crippen LogP contribution in [-0.4, -0.2) is 24.1 Å². The Morgan fingerprint density at radius 3 is 2.84 bits per heavy atom. The average molecular weight is 344 g/mol. The molecule has 2 aromatic rings. The lowest BCUT2D eigenvalue weighted by atomic mass is 10.2. The van der Waals surface area contributed by atoms with E-state index < -0.39 is 0 Å². The predicted molar refractivity (Wildman–Crippen MR) is 98.1 cm³/mol. The fourth-order valence-electron chi connectivity index (χ4n) is 2.21. The molecule has 0 spiro atoms. The van der Waals surface area contributed by atoms with Crippen LogP contribution in [0, 0.1) is 5.82 Å². The van der Waals surface area contributed by atoms with Gasteiger partial charge in [0.15, 0.2) is 5.96 Å². The molecule has 1 aromatic carbocycles. The smallest absolute Gasteiger partial charge is 0.218 e. The number of pyridine rings is 1. The van der Waals surface area contributed by atoms with Crippen LogP contribution in [0.2, 0.25) is 0 Å². The Bertz CT molecular complexity index is 691. The molecule has 1 aromatic heterocycles. The Hall–Kier alpha value is -2.63. The zero-order valence-corrected chi connectivity index (χ0v) is 14.8. The lowest BCUT2D eigenvalue weighted by molar-refractivity contribution is 0.301. The maximum atomic E-state index is 13.3. The molecule has 0 saturated heterocycles. The van der Waals surface area contributed by atoms with Crippen molar-refractivity contribution in [2.24, 2.45) is 4.99 Å². The zero-order chi connectivity index (χ0) is 17.9. The number of aliphatic imine (C=N–C) groups is 1. The van der Waals surface area contributed by atoms with Gasteiger partial charge in [-0.05, 0) is 37.1 Å². The normalized spacial score (nSPS) is 11.2. The molecule has 0 aliphatic carbocycles. The third kappa shape index (κ3) is 6.41. The molecular formula is C19H25FN4O. The van der Waals surface area contributed by atoms with Crippen molar-refractivity contribution in [2.75, 3.05) is 13.2 Å². The Kier molecular flexibility index (Phi) is 7.69. The third-order valence-corrected chi connectivity index (χ3v) is 3.39. The summed E-state index contributed by atoms with van der Waals surface area (Å²) in [5, 5.41) is 6.45. The summed E-state index contributed by atoms with van der Waals surface area (Å²) in [5.74, 6) is 1.05. The van der Waals surface area contributed by atoms with Crippen molar-refractivity contribution in [1.29, 1.82) is 0 Å². The quantitative estimate of drug-likeness (QED) is 0.570. The molecule has 2 rings (SSSR count).